The van der Waals surface area contributed by atoms with E-state index in [1.165, 1.54) is 4.57 Å². The molecule has 21 heavy (non-hydrogen) atoms. The third kappa shape index (κ3) is 2.12. The van der Waals surface area contributed by atoms with E-state index in [2.05, 4.69) is 15.3 Å². The first kappa shape index (κ1) is 13.2. The van der Waals surface area contributed by atoms with E-state index in [1.54, 1.807) is 18.7 Å². The number of aromatic amines is 1. The predicted octanol–water partition coefficient (Wildman–Crippen LogP) is 1.01. The number of anilines is 2. The lowest BCUT2D eigenvalue weighted by Crippen LogP contribution is -2.29. The lowest BCUT2D eigenvalue weighted by molar-refractivity contribution is 0.829. The number of imidazole rings is 1. The molecule has 7 heteroatoms. The van der Waals surface area contributed by atoms with Crippen molar-refractivity contribution in [1.29, 1.82) is 0 Å². The van der Waals surface area contributed by atoms with Crippen molar-refractivity contribution in [1.82, 2.24) is 19.1 Å². The van der Waals surface area contributed by atoms with Gasteiger partial charge in [-0.25, -0.2) is 4.79 Å². The molecule has 0 aliphatic heterocycles. The molecule has 0 unspecified atom stereocenters. The van der Waals surface area contributed by atoms with Gasteiger partial charge in [-0.3, -0.25) is 14.3 Å². The van der Waals surface area contributed by atoms with E-state index >= 15 is 0 Å². The zero-order valence-electron chi connectivity index (χ0n) is 12.0. The van der Waals surface area contributed by atoms with Crippen LogP contribution in [0.25, 0.3) is 11.2 Å². The third-order valence-electron chi connectivity index (χ3n) is 3.41. The van der Waals surface area contributed by atoms with Gasteiger partial charge >= 0.3 is 5.69 Å². The van der Waals surface area contributed by atoms with Crippen LogP contribution in [-0.2, 0) is 14.1 Å². The first-order valence-corrected chi connectivity index (χ1v) is 6.47. The predicted molar refractivity (Wildman–Crippen MR) is 81.0 cm³/mol. The highest BCUT2D eigenvalue weighted by atomic mass is 16.2. The van der Waals surface area contributed by atoms with Gasteiger partial charge in [0.05, 0.1) is 0 Å². The van der Waals surface area contributed by atoms with Crippen molar-refractivity contribution < 1.29 is 0 Å². The summed E-state index contributed by atoms with van der Waals surface area (Å²) >= 11 is 0. The van der Waals surface area contributed by atoms with E-state index in [4.69, 9.17) is 0 Å². The molecule has 0 bridgehead atoms. The molecule has 0 spiro atoms. The van der Waals surface area contributed by atoms with Crippen molar-refractivity contribution in [2.24, 2.45) is 14.1 Å². The third-order valence-corrected chi connectivity index (χ3v) is 3.41. The Kier molecular flexibility index (Phi) is 2.90. The van der Waals surface area contributed by atoms with Crippen LogP contribution in [0.4, 0.5) is 11.6 Å². The summed E-state index contributed by atoms with van der Waals surface area (Å²) in [5, 5.41) is 3.16. The molecule has 0 aliphatic carbocycles. The van der Waals surface area contributed by atoms with Crippen LogP contribution in [0.2, 0.25) is 0 Å². The molecule has 2 aromatic heterocycles. The monoisotopic (exact) mass is 285 g/mol. The Morgan fingerprint density at radius 3 is 2.67 bits per heavy atom. The van der Waals surface area contributed by atoms with Crippen LogP contribution in [-0.4, -0.2) is 19.1 Å². The van der Waals surface area contributed by atoms with Crippen molar-refractivity contribution >= 4 is 22.8 Å². The number of hydrogen-bond donors (Lipinski definition) is 2. The number of benzene rings is 1. The molecule has 0 saturated carbocycles. The maximum atomic E-state index is 11.9. The molecule has 1 aromatic carbocycles. The second-order valence-electron chi connectivity index (χ2n) is 4.98. The van der Waals surface area contributed by atoms with Crippen LogP contribution in [0, 0.1) is 6.92 Å². The highest BCUT2D eigenvalue weighted by Gasteiger charge is 2.14. The maximum Gasteiger partial charge on any atom is 0.329 e. The Morgan fingerprint density at radius 1 is 1.19 bits per heavy atom. The molecule has 0 radical (unpaired) electrons. The number of aromatic nitrogens is 4. The van der Waals surface area contributed by atoms with Gasteiger partial charge in [0.1, 0.15) is 0 Å². The summed E-state index contributed by atoms with van der Waals surface area (Å²) in [5.74, 6) is 0.502. The van der Waals surface area contributed by atoms with Crippen LogP contribution in [0.3, 0.4) is 0 Å². The molecule has 0 amide bonds. The van der Waals surface area contributed by atoms with Gasteiger partial charge < -0.3 is 9.88 Å². The molecule has 0 aliphatic rings. The summed E-state index contributed by atoms with van der Waals surface area (Å²) < 4.78 is 2.95. The van der Waals surface area contributed by atoms with Gasteiger partial charge in [0.2, 0.25) is 5.95 Å². The molecule has 2 N–H and O–H groups in total. The molecule has 108 valence electrons. The van der Waals surface area contributed by atoms with Crippen LogP contribution < -0.4 is 16.6 Å². The van der Waals surface area contributed by atoms with E-state index in [1.807, 2.05) is 31.2 Å². The number of fused-ring (bicyclic) bond motifs is 1. The Bertz CT molecular complexity index is 948. The van der Waals surface area contributed by atoms with Crippen molar-refractivity contribution in [3.05, 3.63) is 50.7 Å². The Hall–Kier alpha value is -2.83. The summed E-state index contributed by atoms with van der Waals surface area (Å²) in [5.41, 5.74) is 1.76. The number of nitrogens with one attached hydrogen (secondary N) is 2. The van der Waals surface area contributed by atoms with Crippen LogP contribution in [0.15, 0.2) is 33.9 Å². The Labute approximate surface area is 119 Å². The average Bonchev–Trinajstić information content (AvgIpc) is 2.74. The second-order valence-corrected chi connectivity index (χ2v) is 4.98. The number of H-pyrrole nitrogens is 1. The van der Waals surface area contributed by atoms with Gasteiger partial charge in [0.25, 0.3) is 5.56 Å². The van der Waals surface area contributed by atoms with E-state index in [0.29, 0.717) is 17.1 Å². The number of aryl methyl sites for hydroxylation is 3. The number of hydrogen-bond acceptors (Lipinski definition) is 4. The van der Waals surface area contributed by atoms with E-state index in [9.17, 15) is 9.59 Å². The van der Waals surface area contributed by atoms with Crippen molar-refractivity contribution in [2.75, 3.05) is 5.32 Å². The minimum absolute atomic E-state index is 0.349. The number of rotatable bonds is 2. The molecule has 2 heterocycles. The quantitative estimate of drug-likeness (QED) is 0.736. The molecule has 3 rings (SSSR count). The summed E-state index contributed by atoms with van der Waals surface area (Å²) in [6.45, 7) is 1.99. The molecule has 7 nitrogen and oxygen atoms in total. The topological polar surface area (TPSA) is 84.7 Å². The maximum absolute atomic E-state index is 11.9. The van der Waals surface area contributed by atoms with Gasteiger partial charge in [0.15, 0.2) is 11.2 Å². The lowest BCUT2D eigenvalue weighted by atomic mass is 10.2. The summed E-state index contributed by atoms with van der Waals surface area (Å²) in [4.78, 5) is 30.2. The molecular formula is C14H15N5O2. The van der Waals surface area contributed by atoms with E-state index in [-0.39, 0.29) is 0 Å². The minimum atomic E-state index is -0.479. The van der Waals surface area contributed by atoms with Crippen LogP contribution in [0.5, 0.6) is 0 Å². The lowest BCUT2D eigenvalue weighted by Gasteiger charge is -2.06. The zero-order chi connectivity index (χ0) is 15.1. The van der Waals surface area contributed by atoms with Crippen LogP contribution >= 0.6 is 0 Å². The van der Waals surface area contributed by atoms with Gasteiger partial charge in [-0.2, -0.15) is 4.98 Å². The highest BCUT2D eigenvalue weighted by molar-refractivity contribution is 5.75. The zero-order valence-corrected chi connectivity index (χ0v) is 12.0. The smallest absolute Gasteiger partial charge is 0.326 e. The highest BCUT2D eigenvalue weighted by Crippen LogP contribution is 2.19. The van der Waals surface area contributed by atoms with Gasteiger partial charge in [-0.1, -0.05) is 12.1 Å². The first-order chi connectivity index (χ1) is 9.97. The van der Waals surface area contributed by atoms with Gasteiger partial charge in [-0.15, -0.1) is 0 Å². The normalized spacial score (nSPS) is 11.0. The number of nitrogens with zero attached hydrogens (tertiary/aromatic N) is 3. The van der Waals surface area contributed by atoms with Crippen LogP contribution in [0.1, 0.15) is 5.56 Å². The van der Waals surface area contributed by atoms with Gasteiger partial charge in [-0.05, 0) is 24.6 Å². The Morgan fingerprint density at radius 2 is 1.95 bits per heavy atom. The van der Waals surface area contributed by atoms with Gasteiger partial charge in [0, 0.05) is 19.8 Å². The van der Waals surface area contributed by atoms with E-state index in [0.717, 1.165) is 11.3 Å². The largest absolute Gasteiger partial charge is 0.329 e. The summed E-state index contributed by atoms with van der Waals surface area (Å²) in [6, 6.07) is 7.82. The first-order valence-electron chi connectivity index (χ1n) is 6.47. The molecule has 0 fully saturated rings. The SMILES string of the molecule is Cc1cccc(Nc2nc3c(c(=O)[nH]c(=O)n3C)n2C)c1. The molecule has 3 aromatic rings. The molecule has 0 saturated heterocycles. The molecular weight excluding hydrogens is 270 g/mol. The van der Waals surface area contributed by atoms with Crippen molar-refractivity contribution in [3.8, 4) is 0 Å². The fraction of sp³-hybridized carbons (Fsp3) is 0.214. The summed E-state index contributed by atoms with van der Waals surface area (Å²) in [7, 11) is 3.30. The fourth-order valence-corrected chi connectivity index (χ4v) is 2.27. The minimum Gasteiger partial charge on any atom is -0.326 e. The average molecular weight is 285 g/mol. The molecule has 0 atom stereocenters. The summed E-state index contributed by atoms with van der Waals surface area (Å²) in [6.07, 6.45) is 0. The standard InChI is InChI=1S/C14H15N5O2/c1-8-5-4-6-9(7-8)15-13-16-11-10(18(13)2)12(20)17-14(21)19(11)3/h4-7H,1-3H3,(H,15,16)(H,17,20,21). The van der Waals surface area contributed by atoms with E-state index < -0.39 is 11.2 Å². The fourth-order valence-electron chi connectivity index (χ4n) is 2.27. The van der Waals surface area contributed by atoms with Crippen molar-refractivity contribution in [2.45, 2.75) is 6.92 Å². The van der Waals surface area contributed by atoms with Crippen molar-refractivity contribution in [3.63, 3.8) is 0 Å². The second kappa shape index (κ2) is 4.62. The Balaban J connectivity index is 2.19.